The second-order valence-corrected chi connectivity index (χ2v) is 7.34. The standard InChI is InChI=1S/C19H20Cl2N2OS/c20-15-5-3-14(4-6-15)12-23(13-18-2-1-11-24-18)19(25)22-17-9-7-16(21)8-10-17/h3-10,18H,1-2,11-13H2,(H,22,25)/t18-/m1/s1. The highest BCUT2D eigenvalue weighted by Crippen LogP contribution is 2.19. The van der Waals surface area contributed by atoms with E-state index in [0.29, 0.717) is 16.7 Å². The molecule has 1 heterocycles. The Kier molecular flexibility index (Phi) is 6.54. The summed E-state index contributed by atoms with van der Waals surface area (Å²) in [5.41, 5.74) is 2.07. The Hall–Kier alpha value is -1.33. The van der Waals surface area contributed by atoms with E-state index < -0.39 is 0 Å². The van der Waals surface area contributed by atoms with Crippen molar-refractivity contribution in [3.63, 3.8) is 0 Å². The third-order valence-electron chi connectivity index (χ3n) is 4.12. The minimum absolute atomic E-state index is 0.220. The Morgan fingerprint density at radius 2 is 1.72 bits per heavy atom. The molecule has 1 atom stereocenters. The van der Waals surface area contributed by atoms with Crippen molar-refractivity contribution < 1.29 is 4.74 Å². The summed E-state index contributed by atoms with van der Waals surface area (Å²) in [5.74, 6) is 0. The molecule has 1 N–H and O–H groups in total. The Morgan fingerprint density at radius 3 is 2.32 bits per heavy atom. The van der Waals surface area contributed by atoms with Crippen molar-refractivity contribution >= 4 is 46.2 Å². The quantitative estimate of drug-likeness (QED) is 0.688. The lowest BCUT2D eigenvalue weighted by Gasteiger charge is -2.28. The number of nitrogens with zero attached hydrogens (tertiary/aromatic N) is 1. The average molecular weight is 395 g/mol. The topological polar surface area (TPSA) is 24.5 Å². The first kappa shape index (κ1) is 18.5. The fourth-order valence-corrected chi connectivity index (χ4v) is 3.31. The number of halogens is 2. The number of hydrogen-bond acceptors (Lipinski definition) is 2. The van der Waals surface area contributed by atoms with Crippen LogP contribution in [-0.4, -0.2) is 29.3 Å². The molecule has 132 valence electrons. The molecule has 0 aromatic heterocycles. The normalized spacial score (nSPS) is 16.6. The van der Waals surface area contributed by atoms with Crippen molar-refractivity contribution in [1.82, 2.24) is 4.90 Å². The van der Waals surface area contributed by atoms with Gasteiger partial charge in [-0.1, -0.05) is 35.3 Å². The van der Waals surface area contributed by atoms with Crippen LogP contribution in [-0.2, 0) is 11.3 Å². The molecule has 1 fully saturated rings. The molecule has 3 nitrogen and oxygen atoms in total. The average Bonchev–Trinajstić information content (AvgIpc) is 3.11. The molecule has 3 rings (SSSR count). The van der Waals surface area contributed by atoms with Gasteiger partial charge in [0.2, 0.25) is 0 Å². The van der Waals surface area contributed by atoms with E-state index in [9.17, 15) is 0 Å². The van der Waals surface area contributed by atoms with Crippen LogP contribution >= 0.6 is 35.4 Å². The van der Waals surface area contributed by atoms with E-state index in [2.05, 4.69) is 10.2 Å². The van der Waals surface area contributed by atoms with Crippen molar-refractivity contribution in [1.29, 1.82) is 0 Å². The first-order valence-corrected chi connectivity index (χ1v) is 9.44. The first-order chi connectivity index (χ1) is 12.1. The fourth-order valence-electron chi connectivity index (χ4n) is 2.80. The molecule has 0 saturated carbocycles. The Labute approximate surface area is 163 Å². The molecule has 2 aromatic rings. The number of ether oxygens (including phenoxy) is 1. The second kappa shape index (κ2) is 8.86. The molecule has 0 radical (unpaired) electrons. The first-order valence-electron chi connectivity index (χ1n) is 8.28. The minimum Gasteiger partial charge on any atom is -0.376 e. The number of benzene rings is 2. The Balaban J connectivity index is 1.70. The van der Waals surface area contributed by atoms with Gasteiger partial charge in [0.25, 0.3) is 0 Å². The van der Waals surface area contributed by atoms with E-state index in [1.807, 2.05) is 48.5 Å². The van der Waals surface area contributed by atoms with Crippen LogP contribution in [0.5, 0.6) is 0 Å². The summed E-state index contributed by atoms with van der Waals surface area (Å²) < 4.78 is 5.79. The highest BCUT2D eigenvalue weighted by molar-refractivity contribution is 7.80. The molecular formula is C19H20Cl2N2OS. The van der Waals surface area contributed by atoms with Crippen molar-refractivity contribution in [2.24, 2.45) is 0 Å². The van der Waals surface area contributed by atoms with Gasteiger partial charge in [-0.25, -0.2) is 0 Å². The zero-order valence-electron chi connectivity index (χ0n) is 13.8. The van der Waals surface area contributed by atoms with Crippen LogP contribution in [0.25, 0.3) is 0 Å². The highest BCUT2D eigenvalue weighted by Gasteiger charge is 2.21. The molecule has 1 aliphatic heterocycles. The van der Waals surface area contributed by atoms with E-state index in [0.717, 1.165) is 42.3 Å². The summed E-state index contributed by atoms with van der Waals surface area (Å²) in [4.78, 5) is 2.14. The van der Waals surface area contributed by atoms with Crippen LogP contribution in [0, 0.1) is 0 Å². The second-order valence-electron chi connectivity index (χ2n) is 6.08. The predicted molar refractivity (Wildman–Crippen MR) is 109 cm³/mol. The summed E-state index contributed by atoms with van der Waals surface area (Å²) >= 11 is 17.6. The fraction of sp³-hybridized carbons (Fsp3) is 0.316. The Bertz CT molecular complexity index is 700. The van der Waals surface area contributed by atoms with Gasteiger partial charge in [-0.3, -0.25) is 0 Å². The zero-order chi connectivity index (χ0) is 17.6. The summed E-state index contributed by atoms with van der Waals surface area (Å²) in [7, 11) is 0. The number of hydrogen-bond donors (Lipinski definition) is 1. The smallest absolute Gasteiger partial charge is 0.173 e. The molecule has 0 spiro atoms. The van der Waals surface area contributed by atoms with Gasteiger partial charge in [0.05, 0.1) is 6.10 Å². The number of rotatable bonds is 5. The van der Waals surface area contributed by atoms with Crippen LogP contribution in [0.2, 0.25) is 10.0 Å². The van der Waals surface area contributed by atoms with Gasteiger partial charge >= 0.3 is 0 Å². The molecule has 1 aliphatic rings. The van der Waals surface area contributed by atoms with Gasteiger partial charge in [-0.2, -0.15) is 0 Å². The van der Waals surface area contributed by atoms with Crippen molar-refractivity contribution in [3.05, 3.63) is 64.1 Å². The third kappa shape index (κ3) is 5.58. The summed E-state index contributed by atoms with van der Waals surface area (Å²) in [6.45, 7) is 2.30. The minimum atomic E-state index is 0.220. The van der Waals surface area contributed by atoms with Gasteiger partial charge < -0.3 is 15.0 Å². The molecule has 0 aliphatic carbocycles. The van der Waals surface area contributed by atoms with Gasteiger partial charge in [-0.05, 0) is 67.0 Å². The van der Waals surface area contributed by atoms with E-state index in [-0.39, 0.29) is 6.10 Å². The van der Waals surface area contributed by atoms with Crippen molar-refractivity contribution in [2.75, 3.05) is 18.5 Å². The van der Waals surface area contributed by atoms with Gasteiger partial charge in [0, 0.05) is 35.4 Å². The van der Waals surface area contributed by atoms with Gasteiger partial charge in [0.15, 0.2) is 5.11 Å². The lowest BCUT2D eigenvalue weighted by molar-refractivity contribution is 0.0905. The van der Waals surface area contributed by atoms with E-state index in [1.165, 1.54) is 0 Å². The predicted octanol–water partition coefficient (Wildman–Crippen LogP) is 5.37. The SMILES string of the molecule is S=C(Nc1ccc(Cl)cc1)N(Cc1ccc(Cl)cc1)C[C@H]1CCCO1. The van der Waals surface area contributed by atoms with Crippen LogP contribution in [0.1, 0.15) is 18.4 Å². The summed E-state index contributed by atoms with van der Waals surface area (Å²) in [6, 6.07) is 15.4. The van der Waals surface area contributed by atoms with E-state index in [1.54, 1.807) is 0 Å². The molecule has 0 unspecified atom stereocenters. The molecule has 25 heavy (non-hydrogen) atoms. The number of anilines is 1. The number of thiocarbonyl (C=S) groups is 1. The van der Waals surface area contributed by atoms with E-state index >= 15 is 0 Å². The molecule has 6 heteroatoms. The molecule has 0 bridgehead atoms. The van der Waals surface area contributed by atoms with E-state index in [4.69, 9.17) is 40.2 Å². The third-order valence-corrected chi connectivity index (χ3v) is 4.98. The van der Waals surface area contributed by atoms with Gasteiger partial charge in [0.1, 0.15) is 0 Å². The zero-order valence-corrected chi connectivity index (χ0v) is 16.1. The maximum Gasteiger partial charge on any atom is 0.173 e. The largest absolute Gasteiger partial charge is 0.376 e. The van der Waals surface area contributed by atoms with Crippen LogP contribution in [0.15, 0.2) is 48.5 Å². The lowest BCUT2D eigenvalue weighted by atomic mass is 10.2. The van der Waals surface area contributed by atoms with Crippen LogP contribution in [0.4, 0.5) is 5.69 Å². The molecule has 1 saturated heterocycles. The molecule has 2 aromatic carbocycles. The maximum absolute atomic E-state index is 5.99. The number of nitrogens with one attached hydrogen (secondary N) is 1. The van der Waals surface area contributed by atoms with Crippen molar-refractivity contribution in [3.8, 4) is 0 Å². The van der Waals surface area contributed by atoms with Crippen LogP contribution in [0.3, 0.4) is 0 Å². The lowest BCUT2D eigenvalue weighted by Crippen LogP contribution is -2.39. The van der Waals surface area contributed by atoms with Crippen molar-refractivity contribution in [2.45, 2.75) is 25.5 Å². The summed E-state index contributed by atoms with van der Waals surface area (Å²) in [6.07, 6.45) is 2.40. The molecular weight excluding hydrogens is 375 g/mol. The summed E-state index contributed by atoms with van der Waals surface area (Å²) in [5, 5.41) is 5.40. The molecule has 0 amide bonds. The van der Waals surface area contributed by atoms with Crippen LogP contribution < -0.4 is 5.32 Å². The maximum atomic E-state index is 5.99. The monoisotopic (exact) mass is 394 g/mol. The highest BCUT2D eigenvalue weighted by atomic mass is 35.5. The Morgan fingerprint density at radius 1 is 1.08 bits per heavy atom. The van der Waals surface area contributed by atoms with Gasteiger partial charge in [-0.15, -0.1) is 0 Å².